The Labute approximate surface area is 110 Å². The monoisotopic (exact) mass is 268 g/mol. The molecule has 0 fully saturated rings. The quantitative estimate of drug-likeness (QED) is 0.533. The van der Waals surface area contributed by atoms with E-state index >= 15 is 0 Å². The predicted molar refractivity (Wildman–Crippen MR) is 65.8 cm³/mol. The van der Waals surface area contributed by atoms with Gasteiger partial charge in [-0.1, -0.05) is 30.3 Å². The summed E-state index contributed by atoms with van der Waals surface area (Å²) < 4.78 is 4.85. The van der Waals surface area contributed by atoms with Crippen molar-refractivity contribution >= 4 is 12.0 Å². The molecular formula is C12H16N2O5. The molecule has 0 bridgehead atoms. The van der Waals surface area contributed by atoms with E-state index in [0.717, 1.165) is 5.56 Å². The fourth-order valence-electron chi connectivity index (χ4n) is 1.35. The van der Waals surface area contributed by atoms with E-state index in [2.05, 4.69) is 5.32 Å². The molecule has 0 aliphatic rings. The number of hydrogen-bond acceptors (Lipinski definition) is 5. The minimum atomic E-state index is -1.47. The topological polar surface area (TPSA) is 122 Å². The maximum absolute atomic E-state index is 11.4. The van der Waals surface area contributed by atoms with Gasteiger partial charge in [-0.05, 0) is 5.56 Å². The molecule has 2 atom stereocenters. The van der Waals surface area contributed by atoms with E-state index in [4.69, 9.17) is 15.6 Å². The first-order chi connectivity index (χ1) is 9.04. The lowest BCUT2D eigenvalue weighted by molar-refractivity contribution is -0.123. The first kappa shape index (κ1) is 14.9. The zero-order valence-corrected chi connectivity index (χ0v) is 10.2. The number of hydrogen-bond donors (Lipinski definition) is 4. The van der Waals surface area contributed by atoms with Gasteiger partial charge in [-0.3, -0.25) is 4.79 Å². The zero-order valence-electron chi connectivity index (χ0n) is 10.2. The first-order valence-electron chi connectivity index (χ1n) is 5.60. The highest BCUT2D eigenvalue weighted by molar-refractivity contribution is 5.84. The van der Waals surface area contributed by atoms with Crippen LogP contribution in [0.2, 0.25) is 0 Å². The zero-order chi connectivity index (χ0) is 14.3. The van der Waals surface area contributed by atoms with E-state index in [1.165, 1.54) is 0 Å². The maximum Gasteiger partial charge on any atom is 0.408 e. The molecule has 1 aromatic carbocycles. The largest absolute Gasteiger partial charge is 0.445 e. The number of nitrogens with one attached hydrogen (secondary N) is 1. The standard InChI is InChI=1S/C12H16N2O5/c13-11(17)10(9(16)6-15)14-12(18)19-7-8-4-2-1-3-5-8/h1-5,9-10,15-16H,6-7H2,(H2,13,17)(H,14,18)/t9-,10-/m0/s1. The summed E-state index contributed by atoms with van der Waals surface area (Å²) in [5.74, 6) is -0.960. The van der Waals surface area contributed by atoms with E-state index in [1.807, 2.05) is 6.07 Å². The fraction of sp³-hybridized carbons (Fsp3) is 0.333. The molecule has 0 aliphatic heterocycles. The van der Waals surface area contributed by atoms with Gasteiger partial charge in [0.25, 0.3) is 0 Å². The molecule has 1 rings (SSSR count). The summed E-state index contributed by atoms with van der Waals surface area (Å²) in [6.45, 7) is -0.681. The van der Waals surface area contributed by atoms with Gasteiger partial charge in [-0.25, -0.2) is 4.79 Å². The van der Waals surface area contributed by atoms with Crippen LogP contribution in [0.5, 0.6) is 0 Å². The highest BCUT2D eigenvalue weighted by Crippen LogP contribution is 2.01. The van der Waals surface area contributed by atoms with Crippen molar-refractivity contribution in [3.8, 4) is 0 Å². The third-order valence-corrected chi connectivity index (χ3v) is 2.36. The summed E-state index contributed by atoms with van der Waals surface area (Å²) in [5.41, 5.74) is 5.76. The third kappa shape index (κ3) is 4.94. The minimum Gasteiger partial charge on any atom is -0.445 e. The molecule has 1 aromatic rings. The minimum absolute atomic E-state index is 0.0212. The molecule has 0 aromatic heterocycles. The number of primary amides is 1. The molecule has 5 N–H and O–H groups in total. The first-order valence-corrected chi connectivity index (χ1v) is 5.60. The molecule has 0 unspecified atom stereocenters. The summed E-state index contributed by atoms with van der Waals surface area (Å²) >= 11 is 0. The lowest BCUT2D eigenvalue weighted by Gasteiger charge is -2.19. The summed E-state index contributed by atoms with van der Waals surface area (Å²) in [5, 5.41) is 20.1. The number of benzene rings is 1. The van der Waals surface area contributed by atoms with Crippen molar-refractivity contribution in [3.05, 3.63) is 35.9 Å². The Morgan fingerprint density at radius 3 is 2.47 bits per heavy atom. The average molecular weight is 268 g/mol. The molecule has 104 valence electrons. The molecular weight excluding hydrogens is 252 g/mol. The van der Waals surface area contributed by atoms with Crippen LogP contribution in [-0.2, 0) is 16.1 Å². The lowest BCUT2D eigenvalue weighted by atomic mass is 10.1. The van der Waals surface area contributed by atoms with Crippen molar-refractivity contribution in [2.24, 2.45) is 5.73 Å². The molecule has 0 spiro atoms. The number of alkyl carbamates (subject to hydrolysis) is 1. The Kier molecular flexibility index (Phi) is 5.77. The number of carbonyl (C=O) groups is 2. The summed E-state index contributed by atoms with van der Waals surface area (Å²) in [4.78, 5) is 22.4. The summed E-state index contributed by atoms with van der Waals surface area (Å²) in [7, 11) is 0. The number of amides is 2. The van der Waals surface area contributed by atoms with Gasteiger partial charge < -0.3 is 26.0 Å². The summed E-state index contributed by atoms with van der Waals surface area (Å²) in [6.07, 6.45) is -2.37. The second-order valence-corrected chi connectivity index (χ2v) is 3.84. The Bertz CT molecular complexity index is 423. The van der Waals surface area contributed by atoms with Gasteiger partial charge in [0.15, 0.2) is 0 Å². The SMILES string of the molecule is NC(=O)[C@@H](NC(=O)OCc1ccccc1)[C@@H](O)CO. The van der Waals surface area contributed by atoms with Gasteiger partial charge in [-0.2, -0.15) is 0 Å². The van der Waals surface area contributed by atoms with Crippen molar-refractivity contribution in [1.29, 1.82) is 0 Å². The van der Waals surface area contributed by atoms with Crippen LogP contribution in [0.3, 0.4) is 0 Å². The van der Waals surface area contributed by atoms with Crippen LogP contribution < -0.4 is 11.1 Å². The highest BCUT2D eigenvalue weighted by atomic mass is 16.5. The molecule has 7 heteroatoms. The molecule has 19 heavy (non-hydrogen) atoms. The molecule has 0 radical (unpaired) electrons. The molecule has 0 saturated carbocycles. The third-order valence-electron chi connectivity index (χ3n) is 2.36. The van der Waals surface area contributed by atoms with Crippen LogP contribution >= 0.6 is 0 Å². The molecule has 0 saturated heterocycles. The van der Waals surface area contributed by atoms with Gasteiger partial charge in [0.1, 0.15) is 18.8 Å². The van der Waals surface area contributed by atoms with Crippen LogP contribution in [0, 0.1) is 0 Å². The van der Waals surface area contributed by atoms with E-state index in [1.54, 1.807) is 24.3 Å². The Morgan fingerprint density at radius 1 is 1.32 bits per heavy atom. The number of nitrogens with two attached hydrogens (primary N) is 1. The van der Waals surface area contributed by atoms with Crippen LogP contribution in [-0.4, -0.2) is 41.0 Å². The van der Waals surface area contributed by atoms with E-state index in [0.29, 0.717) is 0 Å². The van der Waals surface area contributed by atoms with Crippen LogP contribution in [0.15, 0.2) is 30.3 Å². The van der Waals surface area contributed by atoms with Crippen LogP contribution in [0.25, 0.3) is 0 Å². The van der Waals surface area contributed by atoms with Gasteiger partial charge in [0.05, 0.1) is 6.61 Å². The van der Waals surface area contributed by atoms with Gasteiger partial charge in [0, 0.05) is 0 Å². The lowest BCUT2D eigenvalue weighted by Crippen LogP contribution is -2.53. The second kappa shape index (κ2) is 7.34. The number of carbonyl (C=O) groups excluding carboxylic acids is 2. The smallest absolute Gasteiger partial charge is 0.408 e. The van der Waals surface area contributed by atoms with Crippen molar-refractivity contribution in [2.45, 2.75) is 18.8 Å². The number of ether oxygens (including phenoxy) is 1. The van der Waals surface area contributed by atoms with E-state index in [9.17, 15) is 14.7 Å². The van der Waals surface area contributed by atoms with Gasteiger partial charge >= 0.3 is 6.09 Å². The van der Waals surface area contributed by atoms with E-state index in [-0.39, 0.29) is 6.61 Å². The van der Waals surface area contributed by atoms with Crippen LogP contribution in [0.4, 0.5) is 4.79 Å². The second-order valence-electron chi connectivity index (χ2n) is 3.84. The number of rotatable bonds is 6. The summed E-state index contributed by atoms with van der Waals surface area (Å²) in [6, 6.07) is 7.54. The molecule has 7 nitrogen and oxygen atoms in total. The maximum atomic E-state index is 11.4. The van der Waals surface area contributed by atoms with Crippen molar-refractivity contribution in [3.63, 3.8) is 0 Å². The number of aliphatic hydroxyl groups excluding tert-OH is 2. The normalized spacial score (nSPS) is 13.4. The average Bonchev–Trinajstić information content (AvgIpc) is 2.42. The Balaban J connectivity index is 2.47. The molecule has 0 aliphatic carbocycles. The van der Waals surface area contributed by atoms with Crippen molar-refractivity contribution < 1.29 is 24.5 Å². The fourth-order valence-corrected chi connectivity index (χ4v) is 1.35. The van der Waals surface area contributed by atoms with Crippen molar-refractivity contribution in [2.75, 3.05) is 6.61 Å². The highest BCUT2D eigenvalue weighted by Gasteiger charge is 2.26. The molecule has 0 heterocycles. The van der Waals surface area contributed by atoms with Gasteiger partial charge in [-0.15, -0.1) is 0 Å². The van der Waals surface area contributed by atoms with E-state index < -0.39 is 30.8 Å². The molecule has 2 amide bonds. The van der Waals surface area contributed by atoms with Gasteiger partial charge in [0.2, 0.25) is 5.91 Å². The van der Waals surface area contributed by atoms with Crippen molar-refractivity contribution in [1.82, 2.24) is 5.32 Å². The van der Waals surface area contributed by atoms with Crippen LogP contribution in [0.1, 0.15) is 5.56 Å². The predicted octanol–water partition coefficient (Wildman–Crippen LogP) is -0.880. The Hall–Kier alpha value is -2.12. The number of aliphatic hydroxyl groups is 2. The Morgan fingerprint density at radius 2 is 1.95 bits per heavy atom.